The first-order valence-electron chi connectivity index (χ1n) is 9.72. The van der Waals surface area contributed by atoms with Crippen LogP contribution < -0.4 is 16.2 Å². The van der Waals surface area contributed by atoms with Crippen LogP contribution in [-0.4, -0.2) is 53.8 Å². The van der Waals surface area contributed by atoms with E-state index in [9.17, 15) is 9.59 Å². The van der Waals surface area contributed by atoms with E-state index in [2.05, 4.69) is 40.4 Å². The molecule has 0 bridgehead atoms. The van der Waals surface area contributed by atoms with Crippen LogP contribution in [0.15, 0.2) is 34.8 Å². The smallest absolute Gasteiger partial charge is 0.319 e. The number of rotatable bonds is 5. The van der Waals surface area contributed by atoms with E-state index in [0.717, 1.165) is 45.3 Å². The Hall–Kier alpha value is -2.12. The molecule has 3 rings (SSSR count). The van der Waals surface area contributed by atoms with Gasteiger partial charge >= 0.3 is 6.03 Å². The van der Waals surface area contributed by atoms with Crippen molar-refractivity contribution in [3.63, 3.8) is 0 Å². The lowest BCUT2D eigenvalue weighted by atomic mass is 9.88. The molecule has 27 heavy (non-hydrogen) atoms. The van der Waals surface area contributed by atoms with Crippen molar-refractivity contribution in [1.82, 2.24) is 15.2 Å². The molecule has 2 aliphatic rings. The summed E-state index contributed by atoms with van der Waals surface area (Å²) in [5.74, 6) is 0. The van der Waals surface area contributed by atoms with Gasteiger partial charge in [-0.3, -0.25) is 9.69 Å². The molecule has 148 valence electrons. The SMILES string of the molecule is CC(C)=CCN1CCC2(CC[C@H](CNC(=O)Nc3ccc[nH]c3=O)O2)CC1. The van der Waals surface area contributed by atoms with E-state index >= 15 is 0 Å². The van der Waals surface area contributed by atoms with Crippen molar-refractivity contribution in [2.24, 2.45) is 0 Å². The predicted octanol–water partition coefficient (Wildman–Crippen LogP) is 2.48. The van der Waals surface area contributed by atoms with Gasteiger partial charge < -0.3 is 20.4 Å². The fourth-order valence-electron chi connectivity index (χ4n) is 3.75. The highest BCUT2D eigenvalue weighted by Crippen LogP contribution is 2.38. The third kappa shape index (κ3) is 5.43. The molecule has 0 radical (unpaired) electrons. The highest BCUT2D eigenvalue weighted by Gasteiger charge is 2.42. The van der Waals surface area contributed by atoms with Crippen molar-refractivity contribution >= 4 is 11.7 Å². The van der Waals surface area contributed by atoms with Gasteiger partial charge in [0.05, 0.1) is 11.7 Å². The van der Waals surface area contributed by atoms with Crippen LogP contribution in [0.3, 0.4) is 0 Å². The lowest BCUT2D eigenvalue weighted by molar-refractivity contribution is -0.0738. The Bertz CT molecular complexity index is 731. The summed E-state index contributed by atoms with van der Waals surface area (Å²) < 4.78 is 6.34. The van der Waals surface area contributed by atoms with E-state index in [-0.39, 0.29) is 29.0 Å². The van der Waals surface area contributed by atoms with Gasteiger partial charge in [0.1, 0.15) is 5.69 Å². The Labute approximate surface area is 160 Å². The topological polar surface area (TPSA) is 86.5 Å². The molecule has 1 spiro atoms. The van der Waals surface area contributed by atoms with Crippen molar-refractivity contribution < 1.29 is 9.53 Å². The minimum Gasteiger partial charge on any atom is -0.370 e. The number of nitrogens with zero attached hydrogens (tertiary/aromatic N) is 1. The van der Waals surface area contributed by atoms with Crippen molar-refractivity contribution in [2.45, 2.75) is 51.2 Å². The van der Waals surface area contributed by atoms with Gasteiger partial charge in [-0.2, -0.15) is 0 Å². The minimum atomic E-state index is -0.382. The van der Waals surface area contributed by atoms with Gasteiger partial charge in [0.25, 0.3) is 5.56 Å². The molecule has 3 heterocycles. The maximum atomic E-state index is 12.0. The highest BCUT2D eigenvalue weighted by atomic mass is 16.5. The zero-order valence-corrected chi connectivity index (χ0v) is 16.2. The number of H-pyrrole nitrogens is 1. The Balaban J connectivity index is 1.41. The van der Waals surface area contributed by atoms with E-state index < -0.39 is 0 Å². The van der Waals surface area contributed by atoms with Gasteiger partial charge in [-0.25, -0.2) is 4.79 Å². The molecule has 7 heteroatoms. The number of anilines is 1. The fourth-order valence-corrected chi connectivity index (χ4v) is 3.75. The number of aromatic nitrogens is 1. The summed E-state index contributed by atoms with van der Waals surface area (Å²) in [7, 11) is 0. The van der Waals surface area contributed by atoms with E-state index in [4.69, 9.17) is 4.74 Å². The fraction of sp³-hybridized carbons (Fsp3) is 0.600. The van der Waals surface area contributed by atoms with Gasteiger partial charge in [-0.05, 0) is 51.7 Å². The Morgan fingerprint density at radius 1 is 1.37 bits per heavy atom. The predicted molar refractivity (Wildman–Crippen MR) is 106 cm³/mol. The number of likely N-dealkylation sites (tertiary alicyclic amines) is 1. The van der Waals surface area contributed by atoms with Crippen molar-refractivity contribution in [1.29, 1.82) is 0 Å². The molecule has 1 aromatic rings. The molecule has 1 atom stereocenters. The van der Waals surface area contributed by atoms with E-state index in [1.807, 2.05) is 0 Å². The number of hydrogen-bond donors (Lipinski definition) is 3. The summed E-state index contributed by atoms with van der Waals surface area (Å²) in [6.45, 7) is 7.85. The van der Waals surface area contributed by atoms with Crippen LogP contribution in [0.2, 0.25) is 0 Å². The number of nitrogens with one attached hydrogen (secondary N) is 3. The van der Waals surface area contributed by atoms with Crippen LogP contribution in [0, 0.1) is 0 Å². The van der Waals surface area contributed by atoms with Gasteiger partial charge in [-0.15, -0.1) is 0 Å². The number of allylic oxidation sites excluding steroid dienone is 1. The zero-order chi connectivity index (χ0) is 19.3. The molecule has 0 aliphatic carbocycles. The summed E-state index contributed by atoms with van der Waals surface area (Å²) >= 11 is 0. The standard InChI is InChI=1S/C20H30N4O3/c1-15(2)6-11-24-12-8-20(9-13-24)7-5-16(27-20)14-22-19(26)23-17-4-3-10-21-18(17)25/h3-4,6,10,16H,5,7-9,11-14H2,1-2H3,(H,21,25)(H2,22,23,26)/t16-/m1/s1. The normalized spacial score (nSPS) is 21.8. The number of hydrogen-bond acceptors (Lipinski definition) is 4. The number of carbonyl (C=O) groups is 1. The summed E-state index contributed by atoms with van der Waals surface area (Å²) in [5, 5.41) is 5.39. The number of carbonyl (C=O) groups excluding carboxylic acids is 1. The lowest BCUT2D eigenvalue weighted by Gasteiger charge is -2.39. The van der Waals surface area contributed by atoms with Crippen molar-refractivity contribution in [2.75, 3.05) is 31.5 Å². The molecule has 0 aromatic carbocycles. The van der Waals surface area contributed by atoms with Crippen molar-refractivity contribution in [3.05, 3.63) is 40.3 Å². The molecule has 7 nitrogen and oxygen atoms in total. The van der Waals surface area contributed by atoms with Crippen LogP contribution in [0.5, 0.6) is 0 Å². The molecular weight excluding hydrogens is 344 g/mol. The van der Waals surface area contributed by atoms with E-state index in [1.54, 1.807) is 12.1 Å². The number of piperidine rings is 1. The Morgan fingerprint density at radius 2 is 2.15 bits per heavy atom. The zero-order valence-electron chi connectivity index (χ0n) is 16.2. The van der Waals surface area contributed by atoms with Gasteiger partial charge in [0.15, 0.2) is 0 Å². The lowest BCUT2D eigenvalue weighted by Crippen LogP contribution is -2.45. The molecule has 1 aromatic heterocycles. The molecule has 3 N–H and O–H groups in total. The molecule has 2 amide bonds. The van der Waals surface area contributed by atoms with Gasteiger partial charge in [-0.1, -0.05) is 11.6 Å². The largest absolute Gasteiger partial charge is 0.370 e. The van der Waals surface area contributed by atoms with Crippen LogP contribution >= 0.6 is 0 Å². The van der Waals surface area contributed by atoms with Gasteiger partial charge in [0.2, 0.25) is 0 Å². The van der Waals surface area contributed by atoms with Gasteiger partial charge in [0, 0.05) is 32.4 Å². The maximum absolute atomic E-state index is 12.0. The molecular formula is C20H30N4O3. The third-order valence-corrected chi connectivity index (χ3v) is 5.42. The first-order chi connectivity index (χ1) is 13.0. The first kappa shape index (κ1) is 19.6. The Kier molecular flexibility index (Phi) is 6.34. The quantitative estimate of drug-likeness (QED) is 0.691. The minimum absolute atomic E-state index is 0.0269. The maximum Gasteiger partial charge on any atom is 0.319 e. The summed E-state index contributed by atoms with van der Waals surface area (Å²) in [6, 6.07) is 2.86. The molecule has 2 saturated heterocycles. The molecule has 2 fully saturated rings. The highest BCUT2D eigenvalue weighted by molar-refractivity contribution is 5.88. The molecule has 0 unspecified atom stereocenters. The van der Waals surface area contributed by atoms with Crippen LogP contribution in [-0.2, 0) is 4.74 Å². The molecule has 2 aliphatic heterocycles. The number of pyridine rings is 1. The van der Waals surface area contributed by atoms with Crippen molar-refractivity contribution in [3.8, 4) is 0 Å². The summed E-state index contributed by atoms with van der Waals surface area (Å²) in [6.07, 6.45) is 7.95. The number of urea groups is 1. The van der Waals surface area contributed by atoms with E-state index in [1.165, 1.54) is 11.8 Å². The van der Waals surface area contributed by atoms with E-state index in [0.29, 0.717) is 6.54 Å². The summed E-state index contributed by atoms with van der Waals surface area (Å²) in [5.41, 5.74) is 1.25. The molecule has 0 saturated carbocycles. The van der Waals surface area contributed by atoms with Crippen LogP contribution in [0.4, 0.5) is 10.5 Å². The second kappa shape index (κ2) is 8.71. The second-order valence-electron chi connectivity index (χ2n) is 7.79. The monoisotopic (exact) mass is 374 g/mol. The second-order valence-corrected chi connectivity index (χ2v) is 7.79. The van der Waals surface area contributed by atoms with Crippen LogP contribution in [0.25, 0.3) is 0 Å². The van der Waals surface area contributed by atoms with Crippen LogP contribution in [0.1, 0.15) is 39.5 Å². The summed E-state index contributed by atoms with van der Waals surface area (Å²) in [4.78, 5) is 28.6. The number of ether oxygens (including phenoxy) is 1. The average molecular weight is 374 g/mol. The third-order valence-electron chi connectivity index (χ3n) is 5.42. The average Bonchev–Trinajstić information content (AvgIpc) is 3.04. The Morgan fingerprint density at radius 3 is 2.85 bits per heavy atom. The number of aromatic amines is 1. The number of amides is 2. The first-order valence-corrected chi connectivity index (χ1v) is 9.72.